The second-order valence-corrected chi connectivity index (χ2v) is 9.33. The van der Waals surface area contributed by atoms with Crippen LogP contribution in [0.4, 0.5) is 0 Å². The van der Waals surface area contributed by atoms with Crippen LogP contribution in [0.25, 0.3) is 0 Å². The third kappa shape index (κ3) is 2.34. The van der Waals surface area contributed by atoms with Crippen LogP contribution in [0.5, 0.6) is 0 Å². The molecule has 25 heavy (non-hydrogen) atoms. The summed E-state index contributed by atoms with van der Waals surface area (Å²) < 4.78 is 5.52. The molecule has 3 N–H and O–H groups in total. The first-order valence-electron chi connectivity index (χ1n) is 9.76. The Hall–Kier alpha value is -0.680. The van der Waals surface area contributed by atoms with Crippen molar-refractivity contribution in [1.82, 2.24) is 0 Å². The van der Waals surface area contributed by atoms with Crippen molar-refractivity contribution in [3.8, 4) is 0 Å². The molecule has 0 aliphatic heterocycles. The van der Waals surface area contributed by atoms with Gasteiger partial charge >= 0.3 is 0 Å². The lowest BCUT2D eigenvalue weighted by Gasteiger charge is -2.59. The van der Waals surface area contributed by atoms with Gasteiger partial charge in [0.05, 0.1) is 12.7 Å². The molecule has 0 saturated heterocycles. The molecule has 0 aromatic rings. The van der Waals surface area contributed by atoms with Gasteiger partial charge in [0.2, 0.25) is 0 Å². The Labute approximate surface area is 150 Å². The van der Waals surface area contributed by atoms with E-state index in [9.17, 15) is 15.3 Å². The van der Waals surface area contributed by atoms with Gasteiger partial charge < -0.3 is 20.1 Å². The van der Waals surface area contributed by atoms with E-state index >= 15 is 0 Å². The van der Waals surface area contributed by atoms with E-state index in [0.29, 0.717) is 36.7 Å². The number of hydrogen-bond donors (Lipinski definition) is 3. The van der Waals surface area contributed by atoms with Crippen LogP contribution in [0.15, 0.2) is 23.8 Å². The van der Waals surface area contributed by atoms with Gasteiger partial charge in [0.15, 0.2) is 5.79 Å². The van der Waals surface area contributed by atoms with Gasteiger partial charge in [0.1, 0.15) is 0 Å². The molecule has 4 rings (SSSR count). The summed E-state index contributed by atoms with van der Waals surface area (Å²) in [5, 5.41) is 31.4. The molecule has 4 aliphatic carbocycles. The summed E-state index contributed by atoms with van der Waals surface area (Å²) in [6, 6.07) is 0. The fourth-order valence-corrected chi connectivity index (χ4v) is 6.89. The van der Waals surface area contributed by atoms with Gasteiger partial charge in [-0.05, 0) is 43.4 Å². The van der Waals surface area contributed by atoms with Gasteiger partial charge in [-0.2, -0.15) is 0 Å². The van der Waals surface area contributed by atoms with Crippen molar-refractivity contribution < 1.29 is 20.1 Å². The Morgan fingerprint density at radius 2 is 1.88 bits per heavy atom. The zero-order chi connectivity index (χ0) is 18.0. The van der Waals surface area contributed by atoms with Crippen LogP contribution >= 0.6 is 0 Å². The minimum Gasteiger partial charge on any atom is -0.385 e. The molecule has 0 bridgehead atoms. The van der Waals surface area contributed by atoms with E-state index in [1.54, 1.807) is 7.11 Å². The highest BCUT2D eigenvalue weighted by atomic mass is 16.5. The third-order valence-corrected chi connectivity index (χ3v) is 8.29. The predicted molar refractivity (Wildman–Crippen MR) is 95.5 cm³/mol. The SMILES string of the molecule is COC[C@H]1C[C@@H]2[C@H](CC[C@@]3(C)[C@H]2CCC3(O)O)[C@@]2(C)C=CC(O)C=C12. The second kappa shape index (κ2) is 5.66. The van der Waals surface area contributed by atoms with Crippen LogP contribution < -0.4 is 0 Å². The molecule has 1 unspecified atom stereocenters. The van der Waals surface area contributed by atoms with E-state index in [0.717, 1.165) is 25.7 Å². The summed E-state index contributed by atoms with van der Waals surface area (Å²) in [6.07, 6.45) is 9.94. The molecule has 140 valence electrons. The normalized spacial score (nSPS) is 50.6. The van der Waals surface area contributed by atoms with E-state index in [2.05, 4.69) is 19.9 Å². The van der Waals surface area contributed by atoms with Gasteiger partial charge in [0.25, 0.3) is 0 Å². The van der Waals surface area contributed by atoms with Crippen molar-refractivity contribution in [2.24, 2.45) is 34.5 Å². The molecular formula is C21H32O4. The first kappa shape index (κ1) is 17.7. The molecule has 0 heterocycles. The molecule has 4 nitrogen and oxygen atoms in total. The van der Waals surface area contributed by atoms with E-state index in [1.165, 1.54) is 5.57 Å². The zero-order valence-corrected chi connectivity index (χ0v) is 15.6. The van der Waals surface area contributed by atoms with Gasteiger partial charge in [-0.3, -0.25) is 0 Å². The monoisotopic (exact) mass is 348 g/mol. The molecule has 4 aliphatic rings. The third-order valence-electron chi connectivity index (χ3n) is 8.29. The van der Waals surface area contributed by atoms with E-state index in [4.69, 9.17) is 4.74 Å². The van der Waals surface area contributed by atoms with Gasteiger partial charge in [-0.15, -0.1) is 0 Å². The van der Waals surface area contributed by atoms with Crippen molar-refractivity contribution >= 4 is 0 Å². The maximum Gasteiger partial charge on any atom is 0.168 e. The van der Waals surface area contributed by atoms with Gasteiger partial charge in [-0.25, -0.2) is 0 Å². The molecule has 0 aromatic heterocycles. The summed E-state index contributed by atoms with van der Waals surface area (Å²) in [5.41, 5.74) is 0.871. The van der Waals surface area contributed by atoms with Crippen LogP contribution in [-0.4, -0.2) is 40.9 Å². The molecule has 0 radical (unpaired) electrons. The summed E-state index contributed by atoms with van der Waals surface area (Å²) in [6.45, 7) is 5.06. The molecular weight excluding hydrogens is 316 g/mol. The average molecular weight is 348 g/mol. The lowest BCUT2D eigenvalue weighted by atomic mass is 9.46. The molecule has 0 spiro atoms. The number of rotatable bonds is 2. The number of ether oxygens (including phenoxy) is 1. The maximum absolute atomic E-state index is 10.6. The quantitative estimate of drug-likeness (QED) is 0.530. The number of aliphatic hydroxyl groups excluding tert-OH is 1. The van der Waals surface area contributed by atoms with Gasteiger partial charge in [-0.1, -0.05) is 37.6 Å². The Bertz CT molecular complexity index is 609. The fraction of sp³-hybridized carbons (Fsp3) is 0.810. The average Bonchev–Trinajstić information content (AvgIpc) is 2.79. The van der Waals surface area contributed by atoms with E-state index in [-0.39, 0.29) is 5.41 Å². The first-order valence-corrected chi connectivity index (χ1v) is 9.76. The van der Waals surface area contributed by atoms with Crippen molar-refractivity contribution in [2.75, 3.05) is 13.7 Å². The first-order chi connectivity index (χ1) is 11.7. The number of hydrogen-bond acceptors (Lipinski definition) is 4. The van der Waals surface area contributed by atoms with E-state index in [1.807, 2.05) is 12.2 Å². The summed E-state index contributed by atoms with van der Waals surface area (Å²) in [7, 11) is 1.74. The summed E-state index contributed by atoms with van der Waals surface area (Å²) in [5.74, 6) is 0.0872. The summed E-state index contributed by atoms with van der Waals surface area (Å²) >= 11 is 0. The number of fused-ring (bicyclic) bond motifs is 5. The topological polar surface area (TPSA) is 69.9 Å². The van der Waals surface area contributed by atoms with Crippen LogP contribution in [0.3, 0.4) is 0 Å². The molecule has 0 amide bonds. The van der Waals surface area contributed by atoms with Gasteiger partial charge in [0, 0.05) is 30.3 Å². The Kier molecular flexibility index (Phi) is 4.01. The second-order valence-electron chi connectivity index (χ2n) is 9.33. The minimum atomic E-state index is -1.53. The van der Waals surface area contributed by atoms with Crippen LogP contribution in [0.2, 0.25) is 0 Å². The Morgan fingerprint density at radius 1 is 1.16 bits per heavy atom. The molecule has 3 fully saturated rings. The highest BCUT2D eigenvalue weighted by Crippen LogP contribution is 2.67. The molecule has 7 atom stereocenters. The molecule has 3 saturated carbocycles. The van der Waals surface area contributed by atoms with Crippen LogP contribution in [0.1, 0.15) is 46.0 Å². The largest absolute Gasteiger partial charge is 0.385 e. The lowest BCUT2D eigenvalue weighted by molar-refractivity contribution is -0.247. The van der Waals surface area contributed by atoms with Crippen molar-refractivity contribution in [3.63, 3.8) is 0 Å². The van der Waals surface area contributed by atoms with Crippen LogP contribution in [-0.2, 0) is 4.74 Å². The number of aliphatic hydroxyl groups is 3. The Balaban J connectivity index is 1.74. The fourth-order valence-electron chi connectivity index (χ4n) is 6.89. The zero-order valence-electron chi connectivity index (χ0n) is 15.6. The van der Waals surface area contributed by atoms with Crippen LogP contribution in [0, 0.1) is 34.5 Å². The molecule has 4 heteroatoms. The standard InChI is InChI=1S/C21H32O4/c1-19-7-4-14(22)11-18(19)13(12-25-3)10-15-16(19)5-8-20(2)17(15)6-9-21(20,23)24/h4,7,11,13-17,22-24H,5-6,8-10,12H2,1-3H3/t13-,14?,15-,16+,17+,19-,20+/m1/s1. The predicted octanol–water partition coefficient (Wildman–Crippen LogP) is 2.64. The van der Waals surface area contributed by atoms with E-state index < -0.39 is 17.3 Å². The Morgan fingerprint density at radius 3 is 2.60 bits per heavy atom. The van der Waals surface area contributed by atoms with Crippen molar-refractivity contribution in [2.45, 2.75) is 57.8 Å². The highest BCUT2D eigenvalue weighted by Gasteiger charge is 2.64. The highest BCUT2D eigenvalue weighted by molar-refractivity contribution is 5.35. The molecule has 0 aromatic carbocycles. The smallest absolute Gasteiger partial charge is 0.168 e. The lowest BCUT2D eigenvalue weighted by Crippen LogP contribution is -2.56. The van der Waals surface area contributed by atoms with Crippen molar-refractivity contribution in [3.05, 3.63) is 23.8 Å². The maximum atomic E-state index is 10.6. The minimum absolute atomic E-state index is 0.0527. The number of allylic oxidation sites excluding steroid dienone is 1. The summed E-state index contributed by atoms with van der Waals surface area (Å²) in [4.78, 5) is 0. The number of methoxy groups -OCH3 is 1. The van der Waals surface area contributed by atoms with Crippen molar-refractivity contribution in [1.29, 1.82) is 0 Å².